The SMILES string of the molecule is CC(C)(C)[Si](C)(C)OC[C@@H]1C[C@@H](O[Si](C)(C)C(C)(C)C)[C@H](n2c(C=O)nc3c(N)ncnc32)O1. The second-order valence-electron chi connectivity index (χ2n) is 12.3. The molecular formula is C23H41N5O4Si2. The van der Waals surface area contributed by atoms with E-state index in [4.69, 9.17) is 19.3 Å². The number of aromatic nitrogens is 4. The number of nitrogen functional groups attached to an aromatic ring is 1. The smallest absolute Gasteiger partial charge is 0.192 e. The zero-order valence-corrected chi connectivity index (χ0v) is 24.3. The van der Waals surface area contributed by atoms with Gasteiger partial charge in [0.2, 0.25) is 0 Å². The van der Waals surface area contributed by atoms with Crippen LogP contribution in [-0.2, 0) is 13.6 Å². The first-order valence-electron chi connectivity index (χ1n) is 11.9. The third kappa shape index (κ3) is 5.13. The first-order chi connectivity index (χ1) is 15.5. The Labute approximate surface area is 205 Å². The van der Waals surface area contributed by atoms with Crippen LogP contribution in [0.3, 0.4) is 0 Å². The second-order valence-corrected chi connectivity index (χ2v) is 21.8. The summed E-state index contributed by atoms with van der Waals surface area (Å²) in [5, 5.41) is 0.117. The van der Waals surface area contributed by atoms with Crippen LogP contribution in [0.25, 0.3) is 11.2 Å². The number of ether oxygens (including phenoxy) is 1. The Balaban J connectivity index is 1.99. The van der Waals surface area contributed by atoms with Crippen LogP contribution in [0.2, 0.25) is 36.3 Å². The van der Waals surface area contributed by atoms with Crippen LogP contribution in [0.4, 0.5) is 5.82 Å². The van der Waals surface area contributed by atoms with Gasteiger partial charge in [0.15, 0.2) is 52.0 Å². The summed E-state index contributed by atoms with van der Waals surface area (Å²) in [4.78, 5) is 24.8. The molecular weight excluding hydrogens is 466 g/mol. The summed E-state index contributed by atoms with van der Waals surface area (Å²) in [5.74, 6) is 0.423. The van der Waals surface area contributed by atoms with Gasteiger partial charge in [0, 0.05) is 6.42 Å². The molecule has 0 spiro atoms. The van der Waals surface area contributed by atoms with Gasteiger partial charge in [-0.3, -0.25) is 9.36 Å². The number of rotatable bonds is 7. The van der Waals surface area contributed by atoms with Crippen molar-refractivity contribution in [1.82, 2.24) is 19.5 Å². The van der Waals surface area contributed by atoms with Gasteiger partial charge in [0.1, 0.15) is 6.33 Å². The van der Waals surface area contributed by atoms with Gasteiger partial charge in [-0.2, -0.15) is 0 Å². The molecule has 1 aliphatic heterocycles. The van der Waals surface area contributed by atoms with E-state index in [-0.39, 0.29) is 33.9 Å². The molecule has 0 unspecified atom stereocenters. The summed E-state index contributed by atoms with van der Waals surface area (Å²) < 4.78 is 21.6. The van der Waals surface area contributed by atoms with E-state index < -0.39 is 22.9 Å². The number of hydrogen-bond acceptors (Lipinski definition) is 8. The largest absolute Gasteiger partial charge is 0.414 e. The average Bonchev–Trinajstić information content (AvgIpc) is 3.25. The minimum atomic E-state index is -2.14. The minimum Gasteiger partial charge on any atom is -0.414 e. The normalized spacial score (nSPS) is 22.5. The number of carbonyl (C=O) groups is 1. The summed E-state index contributed by atoms with van der Waals surface area (Å²) in [5.41, 5.74) is 6.88. The maximum Gasteiger partial charge on any atom is 0.192 e. The average molecular weight is 508 g/mol. The first-order valence-corrected chi connectivity index (χ1v) is 17.7. The van der Waals surface area contributed by atoms with Gasteiger partial charge in [-0.05, 0) is 36.3 Å². The van der Waals surface area contributed by atoms with Gasteiger partial charge in [-0.1, -0.05) is 41.5 Å². The number of anilines is 1. The molecule has 1 saturated heterocycles. The highest BCUT2D eigenvalue weighted by molar-refractivity contribution is 6.74. The molecule has 0 bridgehead atoms. The lowest BCUT2D eigenvalue weighted by Crippen LogP contribution is -2.45. The van der Waals surface area contributed by atoms with E-state index in [0.29, 0.717) is 30.5 Å². The maximum absolute atomic E-state index is 12.0. The van der Waals surface area contributed by atoms with Crippen molar-refractivity contribution in [3.05, 3.63) is 12.2 Å². The highest BCUT2D eigenvalue weighted by Gasteiger charge is 2.47. The van der Waals surface area contributed by atoms with E-state index in [2.05, 4.69) is 82.7 Å². The highest BCUT2D eigenvalue weighted by atomic mass is 28.4. The summed E-state index contributed by atoms with van der Waals surface area (Å²) in [6.45, 7) is 22.7. The Hall–Kier alpha value is -1.67. The van der Waals surface area contributed by atoms with Gasteiger partial charge in [0.05, 0.1) is 18.8 Å². The molecule has 1 aliphatic rings. The number of aldehydes is 1. The summed E-state index contributed by atoms with van der Waals surface area (Å²) in [6.07, 6.45) is 1.71. The fraction of sp³-hybridized carbons (Fsp3) is 0.739. The molecule has 0 aromatic carbocycles. The molecule has 3 atom stereocenters. The van der Waals surface area contributed by atoms with E-state index in [1.807, 2.05) is 0 Å². The fourth-order valence-corrected chi connectivity index (χ4v) is 5.87. The summed E-state index contributed by atoms with van der Waals surface area (Å²) in [7, 11) is -4.09. The van der Waals surface area contributed by atoms with Crippen molar-refractivity contribution in [1.29, 1.82) is 0 Å². The Morgan fingerprint density at radius 3 is 2.29 bits per heavy atom. The Morgan fingerprint density at radius 1 is 1.12 bits per heavy atom. The Morgan fingerprint density at radius 2 is 1.74 bits per heavy atom. The molecule has 2 N–H and O–H groups in total. The van der Waals surface area contributed by atoms with Gasteiger partial charge < -0.3 is 19.3 Å². The van der Waals surface area contributed by atoms with E-state index in [9.17, 15) is 4.79 Å². The third-order valence-electron chi connectivity index (χ3n) is 7.73. The van der Waals surface area contributed by atoms with Crippen LogP contribution < -0.4 is 5.73 Å². The standard InChI is InChI=1S/C23H41N5O4Si2/c1-22(2,3)33(7,8)30-13-15-11-16(32-34(9,10)23(4,5)6)21(31-15)28-17(12-29)27-18-19(24)25-14-26-20(18)28/h12,14-16,21H,11,13H2,1-10H3,(H2,24,25,26)/t15-,16+,21+/m0/s1. The molecule has 1 fully saturated rings. The molecule has 3 heterocycles. The zero-order chi connectivity index (χ0) is 25.7. The van der Waals surface area contributed by atoms with Crippen LogP contribution in [0.5, 0.6) is 0 Å². The number of nitrogens with two attached hydrogens (primary N) is 1. The Kier molecular flexibility index (Phi) is 7.20. The predicted molar refractivity (Wildman–Crippen MR) is 139 cm³/mol. The molecule has 34 heavy (non-hydrogen) atoms. The zero-order valence-electron chi connectivity index (χ0n) is 22.3. The monoisotopic (exact) mass is 507 g/mol. The van der Waals surface area contributed by atoms with Gasteiger partial charge in [-0.15, -0.1) is 0 Å². The van der Waals surface area contributed by atoms with E-state index >= 15 is 0 Å². The molecule has 0 amide bonds. The lowest BCUT2D eigenvalue weighted by molar-refractivity contribution is -0.0449. The maximum atomic E-state index is 12.0. The van der Waals surface area contributed by atoms with Gasteiger partial charge in [0.25, 0.3) is 0 Å². The summed E-state index contributed by atoms with van der Waals surface area (Å²) in [6, 6.07) is 0. The molecule has 190 valence electrons. The van der Waals surface area contributed by atoms with Crippen molar-refractivity contribution < 1.29 is 18.4 Å². The number of nitrogens with zero attached hydrogens (tertiary/aromatic N) is 4. The van der Waals surface area contributed by atoms with E-state index in [0.717, 1.165) is 0 Å². The number of fused-ring (bicyclic) bond motifs is 1. The van der Waals surface area contributed by atoms with E-state index in [1.165, 1.54) is 6.33 Å². The van der Waals surface area contributed by atoms with Crippen molar-refractivity contribution in [3.8, 4) is 0 Å². The molecule has 2 aromatic heterocycles. The lowest BCUT2D eigenvalue weighted by Gasteiger charge is -2.39. The van der Waals surface area contributed by atoms with Gasteiger partial charge in [-0.25, -0.2) is 15.0 Å². The van der Waals surface area contributed by atoms with Crippen molar-refractivity contribution in [2.75, 3.05) is 12.3 Å². The minimum absolute atomic E-state index is 0.0182. The topological polar surface area (TPSA) is 114 Å². The highest BCUT2D eigenvalue weighted by Crippen LogP contribution is 2.43. The van der Waals surface area contributed by atoms with Crippen molar-refractivity contribution >= 4 is 39.9 Å². The van der Waals surface area contributed by atoms with Crippen LogP contribution in [-0.4, -0.2) is 61.3 Å². The van der Waals surface area contributed by atoms with Gasteiger partial charge >= 0.3 is 0 Å². The quantitative estimate of drug-likeness (QED) is 0.415. The second kappa shape index (κ2) is 9.09. The lowest BCUT2D eigenvalue weighted by atomic mass is 10.2. The number of hydrogen-bond donors (Lipinski definition) is 1. The van der Waals surface area contributed by atoms with Crippen LogP contribution >= 0.6 is 0 Å². The van der Waals surface area contributed by atoms with Crippen LogP contribution in [0.15, 0.2) is 6.33 Å². The molecule has 0 radical (unpaired) electrons. The van der Waals surface area contributed by atoms with Crippen molar-refractivity contribution in [3.63, 3.8) is 0 Å². The molecule has 0 saturated carbocycles. The van der Waals surface area contributed by atoms with Crippen LogP contribution in [0.1, 0.15) is 64.8 Å². The Bertz CT molecular complexity index is 1040. The van der Waals surface area contributed by atoms with Crippen molar-refractivity contribution in [2.24, 2.45) is 0 Å². The fourth-order valence-electron chi connectivity index (χ4n) is 3.51. The first kappa shape index (κ1) is 26.9. The number of carbonyl (C=O) groups excluding carboxylic acids is 1. The van der Waals surface area contributed by atoms with Crippen molar-refractivity contribution in [2.45, 2.75) is 103 Å². The van der Waals surface area contributed by atoms with Crippen LogP contribution in [0, 0.1) is 0 Å². The molecule has 3 rings (SSSR count). The number of imidazole rings is 1. The van der Waals surface area contributed by atoms with E-state index in [1.54, 1.807) is 4.57 Å². The molecule has 2 aromatic rings. The predicted octanol–water partition coefficient (Wildman–Crippen LogP) is 4.92. The molecule has 9 nitrogen and oxygen atoms in total. The third-order valence-corrected chi connectivity index (χ3v) is 16.7. The summed E-state index contributed by atoms with van der Waals surface area (Å²) >= 11 is 0. The molecule has 0 aliphatic carbocycles. The molecule has 11 heteroatoms.